The number of para-hydroxylation sites is 1. The van der Waals surface area contributed by atoms with Gasteiger partial charge in [-0.3, -0.25) is 9.59 Å². The quantitative estimate of drug-likeness (QED) is 0.335. The fraction of sp³-hybridized carbons (Fsp3) is 0.375. The average molecular weight is 440 g/mol. The summed E-state index contributed by atoms with van der Waals surface area (Å²) in [4.78, 5) is 25.4. The molecule has 2 N–H and O–H groups in total. The number of hydrogen-bond donors (Lipinski definition) is 2. The summed E-state index contributed by atoms with van der Waals surface area (Å²) in [5.74, 6) is 0.870. The van der Waals surface area contributed by atoms with Gasteiger partial charge in [0.2, 0.25) is 6.79 Å². The molecule has 1 heterocycles. The largest absolute Gasteiger partial charge is 0.493 e. The lowest BCUT2D eigenvalue weighted by molar-refractivity contribution is -0.123. The summed E-state index contributed by atoms with van der Waals surface area (Å²) >= 11 is 0. The Balaban J connectivity index is 1.61. The Hall–Kier alpha value is -3.55. The van der Waals surface area contributed by atoms with E-state index < -0.39 is 11.9 Å². The molecule has 1 aliphatic heterocycles. The first-order valence-corrected chi connectivity index (χ1v) is 10.7. The number of carbonyl (C=O) groups is 2. The highest BCUT2D eigenvalue weighted by molar-refractivity contribution is 5.98. The van der Waals surface area contributed by atoms with Crippen LogP contribution in [0.5, 0.6) is 17.2 Å². The summed E-state index contributed by atoms with van der Waals surface area (Å²) in [6, 6.07) is 11.6. The number of unbranched alkanes of at least 4 members (excludes halogenated alkanes) is 1. The van der Waals surface area contributed by atoms with Crippen molar-refractivity contribution in [2.75, 3.05) is 13.4 Å². The molecule has 170 valence electrons. The first-order valence-electron chi connectivity index (χ1n) is 10.7. The van der Waals surface area contributed by atoms with Crippen molar-refractivity contribution in [1.29, 1.82) is 0 Å². The number of nitrogens with zero attached hydrogens (tertiary/aromatic N) is 1. The van der Waals surface area contributed by atoms with E-state index in [9.17, 15) is 9.59 Å². The summed E-state index contributed by atoms with van der Waals surface area (Å²) in [5, 5.41) is 6.84. The van der Waals surface area contributed by atoms with Crippen LogP contribution in [0.2, 0.25) is 0 Å². The molecular formula is C24H29N3O5. The van der Waals surface area contributed by atoms with Gasteiger partial charge in [0, 0.05) is 11.1 Å². The lowest BCUT2D eigenvalue weighted by Crippen LogP contribution is -2.48. The maximum atomic E-state index is 12.7. The predicted octanol–water partition coefficient (Wildman–Crippen LogP) is 3.50. The van der Waals surface area contributed by atoms with E-state index in [2.05, 4.69) is 22.8 Å². The number of hydrogen-bond acceptors (Lipinski definition) is 6. The highest BCUT2D eigenvalue weighted by atomic mass is 16.7. The molecule has 32 heavy (non-hydrogen) atoms. The number of carbonyl (C=O) groups excluding carboxylic acids is 2. The number of fused-ring (bicyclic) bond motifs is 1. The van der Waals surface area contributed by atoms with Crippen molar-refractivity contribution in [3.63, 3.8) is 0 Å². The second-order valence-electron chi connectivity index (χ2n) is 7.74. The maximum Gasteiger partial charge on any atom is 0.262 e. The van der Waals surface area contributed by atoms with Crippen LogP contribution >= 0.6 is 0 Å². The van der Waals surface area contributed by atoms with Crippen molar-refractivity contribution in [1.82, 2.24) is 10.7 Å². The smallest absolute Gasteiger partial charge is 0.262 e. The minimum absolute atomic E-state index is 0.127. The third-order valence-corrected chi connectivity index (χ3v) is 4.92. The van der Waals surface area contributed by atoms with Crippen LogP contribution < -0.4 is 25.0 Å². The van der Waals surface area contributed by atoms with Crippen LogP contribution in [0.15, 0.2) is 47.6 Å². The van der Waals surface area contributed by atoms with Gasteiger partial charge in [0.1, 0.15) is 11.8 Å². The normalized spacial score (nSPS) is 13.2. The Morgan fingerprint density at radius 3 is 2.72 bits per heavy atom. The summed E-state index contributed by atoms with van der Waals surface area (Å²) in [6.45, 7) is 6.55. The molecule has 0 aliphatic carbocycles. The summed E-state index contributed by atoms with van der Waals surface area (Å²) in [7, 11) is 0. The Morgan fingerprint density at radius 2 is 1.94 bits per heavy atom. The molecule has 2 aromatic rings. The van der Waals surface area contributed by atoms with Crippen molar-refractivity contribution in [3.05, 3.63) is 53.6 Å². The number of amides is 2. The maximum absolute atomic E-state index is 12.7. The molecule has 0 fully saturated rings. The first kappa shape index (κ1) is 23.1. The van der Waals surface area contributed by atoms with Crippen molar-refractivity contribution < 1.29 is 23.8 Å². The van der Waals surface area contributed by atoms with Crippen LogP contribution in [0.4, 0.5) is 0 Å². The van der Waals surface area contributed by atoms with Gasteiger partial charge in [-0.05, 0) is 42.7 Å². The van der Waals surface area contributed by atoms with Crippen LogP contribution in [-0.4, -0.2) is 37.5 Å². The van der Waals surface area contributed by atoms with E-state index >= 15 is 0 Å². The first-order chi connectivity index (χ1) is 15.5. The topological polar surface area (TPSA) is 98.2 Å². The second-order valence-corrected chi connectivity index (χ2v) is 7.74. The molecule has 0 spiro atoms. The Kier molecular flexibility index (Phi) is 8.08. The minimum atomic E-state index is -0.763. The zero-order valence-corrected chi connectivity index (χ0v) is 18.6. The summed E-state index contributed by atoms with van der Waals surface area (Å²) < 4.78 is 16.4. The molecule has 0 saturated carbocycles. The number of hydrazone groups is 1. The van der Waals surface area contributed by atoms with E-state index in [1.54, 1.807) is 18.2 Å². The molecule has 8 heteroatoms. The van der Waals surface area contributed by atoms with Crippen molar-refractivity contribution >= 4 is 18.0 Å². The number of benzene rings is 2. The molecular weight excluding hydrogens is 410 g/mol. The third kappa shape index (κ3) is 6.00. The molecule has 3 rings (SSSR count). The van der Waals surface area contributed by atoms with Crippen LogP contribution in [0, 0.1) is 5.92 Å². The van der Waals surface area contributed by atoms with Crippen molar-refractivity contribution in [3.8, 4) is 17.2 Å². The molecule has 0 bridgehead atoms. The van der Waals surface area contributed by atoms with Gasteiger partial charge in [-0.15, -0.1) is 0 Å². The second kappa shape index (κ2) is 11.2. The van der Waals surface area contributed by atoms with Crippen LogP contribution in [-0.2, 0) is 4.79 Å². The monoisotopic (exact) mass is 439 g/mol. The SMILES string of the molecule is CCCCOc1ccccc1/C=N/NC(=O)C(NC(=O)c1ccc2c(c1)OCO2)C(C)C. The average Bonchev–Trinajstić information content (AvgIpc) is 3.26. The molecule has 0 saturated heterocycles. The lowest BCUT2D eigenvalue weighted by atomic mass is 10.0. The standard InChI is InChI=1S/C24H29N3O5/c1-4-5-12-30-19-9-7-6-8-18(19)14-25-27-24(29)22(16(2)3)26-23(28)17-10-11-20-21(13-17)32-15-31-20/h6-11,13-14,16,22H,4-5,12,15H2,1-3H3,(H,26,28)(H,27,29)/b25-14+. The van der Waals surface area contributed by atoms with E-state index in [1.807, 2.05) is 38.1 Å². The Morgan fingerprint density at radius 1 is 1.16 bits per heavy atom. The van der Waals surface area contributed by atoms with Gasteiger partial charge in [-0.2, -0.15) is 5.10 Å². The highest BCUT2D eigenvalue weighted by Gasteiger charge is 2.25. The zero-order chi connectivity index (χ0) is 22.9. The van der Waals surface area contributed by atoms with Gasteiger partial charge in [-0.1, -0.05) is 39.3 Å². The summed E-state index contributed by atoms with van der Waals surface area (Å²) in [6.07, 6.45) is 3.54. The van der Waals surface area contributed by atoms with Gasteiger partial charge in [0.15, 0.2) is 11.5 Å². The van der Waals surface area contributed by atoms with E-state index in [0.29, 0.717) is 29.4 Å². The molecule has 8 nitrogen and oxygen atoms in total. The molecule has 1 atom stereocenters. The van der Waals surface area contributed by atoms with Crippen LogP contribution in [0.25, 0.3) is 0 Å². The third-order valence-electron chi connectivity index (χ3n) is 4.92. The lowest BCUT2D eigenvalue weighted by Gasteiger charge is -2.20. The van der Waals surface area contributed by atoms with Crippen LogP contribution in [0.3, 0.4) is 0 Å². The predicted molar refractivity (Wildman–Crippen MR) is 121 cm³/mol. The molecule has 0 aromatic heterocycles. The fourth-order valence-corrected chi connectivity index (χ4v) is 3.08. The van der Waals surface area contributed by atoms with E-state index in [-0.39, 0.29) is 18.6 Å². The molecule has 2 aromatic carbocycles. The fourth-order valence-electron chi connectivity index (χ4n) is 3.08. The molecule has 1 unspecified atom stereocenters. The summed E-state index contributed by atoms with van der Waals surface area (Å²) in [5.41, 5.74) is 3.66. The number of nitrogens with one attached hydrogen (secondary N) is 2. The van der Waals surface area contributed by atoms with Crippen molar-refractivity contribution in [2.24, 2.45) is 11.0 Å². The van der Waals surface area contributed by atoms with E-state index in [0.717, 1.165) is 18.4 Å². The number of rotatable bonds is 10. The zero-order valence-electron chi connectivity index (χ0n) is 18.6. The minimum Gasteiger partial charge on any atom is -0.493 e. The molecule has 0 radical (unpaired) electrons. The van der Waals surface area contributed by atoms with E-state index in [4.69, 9.17) is 14.2 Å². The van der Waals surface area contributed by atoms with Gasteiger partial charge >= 0.3 is 0 Å². The van der Waals surface area contributed by atoms with E-state index in [1.165, 1.54) is 6.21 Å². The van der Waals surface area contributed by atoms with Crippen LogP contribution in [0.1, 0.15) is 49.5 Å². The molecule has 1 aliphatic rings. The van der Waals surface area contributed by atoms with Gasteiger partial charge in [0.25, 0.3) is 11.8 Å². The highest BCUT2D eigenvalue weighted by Crippen LogP contribution is 2.32. The van der Waals surface area contributed by atoms with Gasteiger partial charge < -0.3 is 19.5 Å². The van der Waals surface area contributed by atoms with Gasteiger partial charge in [0.05, 0.1) is 12.8 Å². The molecule has 2 amide bonds. The Bertz CT molecular complexity index is 974. The van der Waals surface area contributed by atoms with Gasteiger partial charge in [-0.25, -0.2) is 5.43 Å². The Labute approximate surface area is 187 Å². The van der Waals surface area contributed by atoms with Crippen molar-refractivity contribution in [2.45, 2.75) is 39.7 Å². The number of ether oxygens (including phenoxy) is 3.